The zero-order valence-electron chi connectivity index (χ0n) is 8.91. The topological polar surface area (TPSA) is 72.3 Å². The first-order valence-electron chi connectivity index (χ1n) is 4.71. The van der Waals surface area contributed by atoms with Crippen LogP contribution in [0.5, 0.6) is 5.75 Å². The Morgan fingerprint density at radius 1 is 1.44 bits per heavy atom. The summed E-state index contributed by atoms with van der Waals surface area (Å²) >= 11 is 3.38. The van der Waals surface area contributed by atoms with Crippen LogP contribution < -0.4 is 5.73 Å². The molecule has 0 amide bonds. The molecule has 2 aromatic rings. The molecule has 2 rings (SSSR count). The van der Waals surface area contributed by atoms with Gasteiger partial charge in [0.05, 0.1) is 11.8 Å². The Morgan fingerprint density at radius 3 is 2.69 bits per heavy atom. The molecule has 0 unspecified atom stereocenters. The first-order valence-corrected chi connectivity index (χ1v) is 5.51. The molecule has 0 aliphatic carbocycles. The Balaban J connectivity index is 2.76. The minimum absolute atomic E-state index is 0.196. The molecule has 4 nitrogen and oxygen atoms in total. The quantitative estimate of drug-likeness (QED) is 0.843. The minimum atomic E-state index is 0.196. The van der Waals surface area contributed by atoms with Gasteiger partial charge in [0.2, 0.25) is 5.88 Å². The summed E-state index contributed by atoms with van der Waals surface area (Å²) in [6, 6.07) is 1.93. The van der Waals surface area contributed by atoms with E-state index in [1.807, 2.05) is 19.9 Å². The molecule has 0 saturated carbocycles. The molecule has 16 heavy (non-hydrogen) atoms. The number of halogens is 1. The van der Waals surface area contributed by atoms with Gasteiger partial charge in [-0.2, -0.15) is 0 Å². The fourth-order valence-electron chi connectivity index (χ4n) is 1.63. The number of hydrogen-bond donors (Lipinski definition) is 2. The number of phenolic OH excluding ortho intramolecular Hbond substituents is 1. The Bertz CT molecular complexity index is 549. The highest BCUT2D eigenvalue weighted by Gasteiger charge is 2.17. The summed E-state index contributed by atoms with van der Waals surface area (Å²) in [5.74, 6) is 0.405. The van der Waals surface area contributed by atoms with Gasteiger partial charge in [-0.15, -0.1) is 0 Å². The Labute approximate surface area is 101 Å². The predicted octanol–water partition coefficient (Wildman–Crippen LogP) is 3.01. The van der Waals surface area contributed by atoms with Crippen LogP contribution in [0.2, 0.25) is 0 Å². The molecule has 0 saturated heterocycles. The second kappa shape index (κ2) is 3.83. The third-order valence-electron chi connectivity index (χ3n) is 2.56. The number of aromatic nitrogens is 1. The van der Waals surface area contributed by atoms with Crippen LogP contribution in [-0.4, -0.2) is 10.3 Å². The number of phenols is 1. The molecule has 0 spiro atoms. The molecule has 0 radical (unpaired) electrons. The van der Waals surface area contributed by atoms with Crippen LogP contribution in [0.4, 0.5) is 5.88 Å². The lowest BCUT2D eigenvalue weighted by Crippen LogP contribution is -1.91. The van der Waals surface area contributed by atoms with Crippen molar-refractivity contribution in [1.29, 1.82) is 0 Å². The van der Waals surface area contributed by atoms with Gasteiger partial charge in [0, 0.05) is 15.6 Å². The molecule has 0 bridgehead atoms. The zero-order valence-corrected chi connectivity index (χ0v) is 10.5. The Morgan fingerprint density at radius 2 is 2.12 bits per heavy atom. The summed E-state index contributed by atoms with van der Waals surface area (Å²) in [5.41, 5.74) is 8.60. The number of hydrogen-bond acceptors (Lipinski definition) is 4. The fraction of sp³-hybridized carbons (Fsp3) is 0.182. The van der Waals surface area contributed by atoms with Crippen molar-refractivity contribution in [3.63, 3.8) is 0 Å². The van der Waals surface area contributed by atoms with Crippen LogP contribution in [-0.2, 0) is 0 Å². The summed E-state index contributed by atoms with van der Waals surface area (Å²) in [5, 5.41) is 13.7. The molecule has 0 aliphatic rings. The third kappa shape index (κ3) is 1.57. The SMILES string of the molecule is Cc1cc(Br)c(C)c(O)c1-c1cnoc1N. The fourth-order valence-corrected chi connectivity index (χ4v) is 2.17. The van der Waals surface area contributed by atoms with Crippen molar-refractivity contribution in [3.8, 4) is 16.9 Å². The molecule has 0 fully saturated rings. The average molecular weight is 283 g/mol. The van der Waals surface area contributed by atoms with Crippen molar-refractivity contribution >= 4 is 21.8 Å². The van der Waals surface area contributed by atoms with Crippen LogP contribution in [0.1, 0.15) is 11.1 Å². The molecule has 5 heteroatoms. The normalized spacial score (nSPS) is 10.7. The van der Waals surface area contributed by atoms with Gasteiger partial charge >= 0.3 is 0 Å². The van der Waals surface area contributed by atoms with Gasteiger partial charge in [-0.3, -0.25) is 0 Å². The van der Waals surface area contributed by atoms with Crippen molar-refractivity contribution in [2.45, 2.75) is 13.8 Å². The predicted molar refractivity (Wildman–Crippen MR) is 65.2 cm³/mol. The Hall–Kier alpha value is -1.49. The highest BCUT2D eigenvalue weighted by atomic mass is 79.9. The smallest absolute Gasteiger partial charge is 0.230 e. The van der Waals surface area contributed by atoms with E-state index >= 15 is 0 Å². The lowest BCUT2D eigenvalue weighted by molar-refractivity contribution is 0.436. The van der Waals surface area contributed by atoms with Gasteiger partial charge in [0.15, 0.2) is 0 Å². The van der Waals surface area contributed by atoms with Gasteiger partial charge < -0.3 is 15.4 Å². The molecule has 1 aromatic carbocycles. The average Bonchev–Trinajstić information content (AvgIpc) is 2.62. The lowest BCUT2D eigenvalue weighted by atomic mass is 9.99. The number of rotatable bonds is 1. The molecule has 0 atom stereocenters. The van der Waals surface area contributed by atoms with Gasteiger partial charge in [-0.1, -0.05) is 21.1 Å². The van der Waals surface area contributed by atoms with Crippen LogP contribution in [0.25, 0.3) is 11.1 Å². The van der Waals surface area contributed by atoms with Crippen molar-refractivity contribution < 1.29 is 9.63 Å². The van der Waals surface area contributed by atoms with Gasteiger partial charge in [-0.05, 0) is 25.5 Å². The number of anilines is 1. The van der Waals surface area contributed by atoms with Crippen molar-refractivity contribution in [2.75, 3.05) is 5.73 Å². The number of nitrogen functional groups attached to an aromatic ring is 1. The summed E-state index contributed by atoms with van der Waals surface area (Å²) in [6.45, 7) is 3.72. The largest absolute Gasteiger partial charge is 0.507 e. The Kier molecular flexibility index (Phi) is 2.63. The molecule has 1 aromatic heterocycles. The van der Waals surface area contributed by atoms with E-state index in [9.17, 15) is 5.11 Å². The highest BCUT2D eigenvalue weighted by Crippen LogP contribution is 2.40. The van der Waals surface area contributed by atoms with Crippen LogP contribution >= 0.6 is 15.9 Å². The zero-order chi connectivity index (χ0) is 11.9. The molecule has 0 aliphatic heterocycles. The van der Waals surface area contributed by atoms with Crippen LogP contribution in [0.3, 0.4) is 0 Å². The van der Waals surface area contributed by atoms with Gasteiger partial charge in [-0.25, -0.2) is 0 Å². The second-order valence-corrected chi connectivity index (χ2v) is 4.48. The third-order valence-corrected chi connectivity index (χ3v) is 3.38. The summed E-state index contributed by atoms with van der Waals surface area (Å²) in [4.78, 5) is 0. The number of aryl methyl sites for hydroxylation is 1. The van der Waals surface area contributed by atoms with Crippen molar-refractivity contribution in [2.24, 2.45) is 0 Å². The van der Waals surface area contributed by atoms with E-state index in [-0.39, 0.29) is 11.6 Å². The molecule has 84 valence electrons. The van der Waals surface area contributed by atoms with E-state index in [4.69, 9.17) is 10.3 Å². The maximum atomic E-state index is 10.1. The summed E-state index contributed by atoms with van der Waals surface area (Å²) < 4.78 is 5.67. The van der Waals surface area contributed by atoms with E-state index in [0.29, 0.717) is 11.1 Å². The monoisotopic (exact) mass is 282 g/mol. The van der Waals surface area contributed by atoms with E-state index in [0.717, 1.165) is 15.6 Å². The summed E-state index contributed by atoms with van der Waals surface area (Å²) in [6.07, 6.45) is 1.50. The number of nitrogens with two attached hydrogens (primary N) is 1. The maximum Gasteiger partial charge on any atom is 0.230 e. The highest BCUT2D eigenvalue weighted by molar-refractivity contribution is 9.10. The van der Waals surface area contributed by atoms with Crippen molar-refractivity contribution in [1.82, 2.24) is 5.16 Å². The molecule has 1 heterocycles. The van der Waals surface area contributed by atoms with E-state index in [2.05, 4.69) is 21.1 Å². The number of aromatic hydroxyl groups is 1. The van der Waals surface area contributed by atoms with E-state index in [1.54, 1.807) is 0 Å². The maximum absolute atomic E-state index is 10.1. The van der Waals surface area contributed by atoms with Crippen LogP contribution in [0.15, 0.2) is 21.3 Å². The molecule has 3 N–H and O–H groups in total. The van der Waals surface area contributed by atoms with Gasteiger partial charge in [0.25, 0.3) is 0 Å². The minimum Gasteiger partial charge on any atom is -0.507 e. The first-order chi connectivity index (χ1) is 7.52. The van der Waals surface area contributed by atoms with Crippen LogP contribution in [0, 0.1) is 13.8 Å². The van der Waals surface area contributed by atoms with E-state index in [1.165, 1.54) is 6.20 Å². The number of nitrogens with zero attached hydrogens (tertiary/aromatic N) is 1. The summed E-state index contributed by atoms with van der Waals surface area (Å²) in [7, 11) is 0. The number of benzene rings is 1. The van der Waals surface area contributed by atoms with Gasteiger partial charge in [0.1, 0.15) is 5.75 Å². The molecular formula is C11H11BrN2O2. The lowest BCUT2D eigenvalue weighted by Gasteiger charge is -2.11. The first kappa shape index (κ1) is 11.0. The second-order valence-electron chi connectivity index (χ2n) is 3.63. The van der Waals surface area contributed by atoms with E-state index < -0.39 is 0 Å². The molecular weight excluding hydrogens is 272 g/mol. The standard InChI is InChI=1S/C11H11BrN2O2/c1-5-3-8(12)6(2)10(15)9(5)7-4-14-16-11(7)13/h3-4,15H,13H2,1-2H3. The van der Waals surface area contributed by atoms with Crippen molar-refractivity contribution in [3.05, 3.63) is 27.9 Å².